The molecule has 0 radical (unpaired) electrons. The lowest BCUT2D eigenvalue weighted by atomic mass is 10.0. The van der Waals surface area contributed by atoms with E-state index in [-0.39, 0.29) is 11.9 Å². The smallest absolute Gasteiger partial charge is 0.220 e. The molecule has 3 rings (SSSR count). The second-order valence-electron chi connectivity index (χ2n) is 6.76. The van der Waals surface area contributed by atoms with E-state index in [0.29, 0.717) is 19.4 Å². The lowest BCUT2D eigenvalue weighted by Crippen LogP contribution is -2.48. The van der Waals surface area contributed by atoms with Gasteiger partial charge in [-0.15, -0.1) is 0 Å². The van der Waals surface area contributed by atoms with Gasteiger partial charge in [0.2, 0.25) is 5.91 Å². The maximum atomic E-state index is 12.3. The molecule has 26 heavy (non-hydrogen) atoms. The average molecular weight is 376 g/mol. The monoisotopic (exact) mass is 375 g/mol. The largest absolute Gasteiger partial charge is 0.469 e. The van der Waals surface area contributed by atoms with Gasteiger partial charge in [-0.25, -0.2) is 0 Å². The van der Waals surface area contributed by atoms with Crippen molar-refractivity contribution < 1.29 is 9.21 Å². The first-order valence-corrected chi connectivity index (χ1v) is 9.47. The lowest BCUT2D eigenvalue weighted by Gasteiger charge is -2.38. The van der Waals surface area contributed by atoms with E-state index in [1.807, 2.05) is 30.3 Å². The second-order valence-corrected chi connectivity index (χ2v) is 7.17. The molecule has 1 aromatic carbocycles. The fourth-order valence-corrected chi connectivity index (χ4v) is 3.57. The molecule has 1 fully saturated rings. The van der Waals surface area contributed by atoms with E-state index >= 15 is 0 Å². The minimum Gasteiger partial charge on any atom is -0.469 e. The molecule has 1 saturated heterocycles. The Labute approximate surface area is 159 Å². The van der Waals surface area contributed by atoms with Crippen LogP contribution in [0.15, 0.2) is 47.1 Å². The van der Waals surface area contributed by atoms with E-state index in [4.69, 9.17) is 16.0 Å². The molecule has 5 nitrogen and oxygen atoms in total. The number of hydrogen-bond donors (Lipinski definition) is 1. The standard InChI is InChI=1S/C20H26ClN3O2/c1-23-10-12-24(13-11-23)19(17-6-2-3-7-18(17)21)15-22-20(25)9-8-16-5-4-14-26-16/h2-7,14,19H,8-13,15H2,1H3,(H,22,25). The zero-order chi connectivity index (χ0) is 18.4. The summed E-state index contributed by atoms with van der Waals surface area (Å²) in [6.07, 6.45) is 2.67. The molecule has 1 aliphatic heterocycles. The number of aryl methyl sites for hydroxylation is 1. The summed E-state index contributed by atoms with van der Waals surface area (Å²) in [5.74, 6) is 0.870. The van der Waals surface area contributed by atoms with Crippen LogP contribution in [0.2, 0.25) is 5.02 Å². The highest BCUT2D eigenvalue weighted by atomic mass is 35.5. The predicted octanol–water partition coefficient (Wildman–Crippen LogP) is 2.97. The summed E-state index contributed by atoms with van der Waals surface area (Å²) in [5, 5.41) is 3.84. The van der Waals surface area contributed by atoms with Crippen LogP contribution < -0.4 is 5.32 Å². The highest BCUT2D eigenvalue weighted by Gasteiger charge is 2.25. The molecule has 1 atom stereocenters. The van der Waals surface area contributed by atoms with E-state index in [1.54, 1.807) is 6.26 Å². The van der Waals surface area contributed by atoms with E-state index in [1.165, 1.54) is 0 Å². The Morgan fingerprint density at radius 3 is 2.65 bits per heavy atom. The van der Waals surface area contributed by atoms with Crippen LogP contribution in [0.25, 0.3) is 0 Å². The zero-order valence-electron chi connectivity index (χ0n) is 15.2. The third kappa shape index (κ3) is 5.10. The number of nitrogens with one attached hydrogen (secondary N) is 1. The maximum absolute atomic E-state index is 12.3. The van der Waals surface area contributed by atoms with Crippen LogP contribution in [0.1, 0.15) is 23.8 Å². The number of carbonyl (C=O) groups is 1. The third-order valence-corrected chi connectivity index (χ3v) is 5.26. The SMILES string of the molecule is CN1CCN(C(CNC(=O)CCc2ccco2)c2ccccc2Cl)CC1. The van der Waals surface area contributed by atoms with Crippen LogP contribution in [-0.4, -0.2) is 55.5 Å². The van der Waals surface area contributed by atoms with Gasteiger partial charge in [0.05, 0.1) is 12.3 Å². The van der Waals surface area contributed by atoms with Gasteiger partial charge < -0.3 is 14.6 Å². The Bertz CT molecular complexity index is 697. The number of carbonyl (C=O) groups excluding carboxylic acids is 1. The first-order chi connectivity index (χ1) is 12.6. The topological polar surface area (TPSA) is 48.7 Å². The summed E-state index contributed by atoms with van der Waals surface area (Å²) < 4.78 is 5.29. The quantitative estimate of drug-likeness (QED) is 0.808. The molecular weight excluding hydrogens is 350 g/mol. The molecule has 2 heterocycles. The van der Waals surface area contributed by atoms with Gasteiger partial charge in [0, 0.05) is 50.6 Å². The minimum absolute atomic E-state index is 0.0348. The van der Waals surface area contributed by atoms with Gasteiger partial charge in [0.15, 0.2) is 0 Å². The number of rotatable bonds is 7. The van der Waals surface area contributed by atoms with E-state index in [9.17, 15) is 4.79 Å². The molecule has 1 amide bonds. The van der Waals surface area contributed by atoms with Crippen molar-refractivity contribution in [1.29, 1.82) is 0 Å². The molecule has 0 spiro atoms. The molecule has 1 N–H and O–H groups in total. The van der Waals surface area contributed by atoms with Crippen molar-refractivity contribution in [2.24, 2.45) is 0 Å². The van der Waals surface area contributed by atoms with Gasteiger partial charge in [-0.05, 0) is 30.8 Å². The molecule has 1 aliphatic rings. The number of likely N-dealkylation sites (N-methyl/N-ethyl adjacent to an activating group) is 1. The van der Waals surface area contributed by atoms with Crippen LogP contribution >= 0.6 is 11.6 Å². The Morgan fingerprint density at radius 1 is 1.19 bits per heavy atom. The average Bonchev–Trinajstić information content (AvgIpc) is 3.16. The van der Waals surface area contributed by atoms with Crippen molar-refractivity contribution >= 4 is 17.5 Å². The maximum Gasteiger partial charge on any atom is 0.220 e. The normalized spacial score (nSPS) is 17.2. The van der Waals surface area contributed by atoms with Gasteiger partial charge in [0.25, 0.3) is 0 Å². The first-order valence-electron chi connectivity index (χ1n) is 9.09. The van der Waals surface area contributed by atoms with E-state index < -0.39 is 0 Å². The highest BCUT2D eigenvalue weighted by molar-refractivity contribution is 6.31. The number of piperazine rings is 1. The van der Waals surface area contributed by atoms with Crippen LogP contribution in [-0.2, 0) is 11.2 Å². The highest BCUT2D eigenvalue weighted by Crippen LogP contribution is 2.28. The Balaban J connectivity index is 1.62. The van der Waals surface area contributed by atoms with Crippen LogP contribution in [0.4, 0.5) is 0 Å². The summed E-state index contributed by atoms with van der Waals surface area (Å²) in [6, 6.07) is 11.7. The van der Waals surface area contributed by atoms with Gasteiger partial charge in [0.1, 0.15) is 5.76 Å². The molecule has 1 aromatic heterocycles. The fraction of sp³-hybridized carbons (Fsp3) is 0.450. The van der Waals surface area contributed by atoms with Crippen molar-refractivity contribution in [1.82, 2.24) is 15.1 Å². The van der Waals surface area contributed by atoms with E-state index in [0.717, 1.165) is 42.5 Å². The van der Waals surface area contributed by atoms with Gasteiger partial charge in [-0.1, -0.05) is 29.8 Å². The number of amides is 1. The molecule has 0 bridgehead atoms. The number of furan rings is 1. The van der Waals surface area contributed by atoms with Crippen molar-refractivity contribution in [3.8, 4) is 0 Å². The summed E-state index contributed by atoms with van der Waals surface area (Å²) in [4.78, 5) is 17.0. The number of halogens is 1. The molecule has 2 aromatic rings. The molecule has 6 heteroatoms. The summed E-state index contributed by atoms with van der Waals surface area (Å²) in [6.45, 7) is 4.54. The Hall–Kier alpha value is -1.82. The predicted molar refractivity (Wildman–Crippen MR) is 103 cm³/mol. The van der Waals surface area contributed by atoms with Crippen LogP contribution in [0.3, 0.4) is 0 Å². The molecule has 140 valence electrons. The van der Waals surface area contributed by atoms with Crippen LogP contribution in [0, 0.1) is 0 Å². The molecule has 1 unspecified atom stereocenters. The van der Waals surface area contributed by atoms with Crippen molar-refractivity contribution in [2.45, 2.75) is 18.9 Å². The van der Waals surface area contributed by atoms with Crippen LogP contribution in [0.5, 0.6) is 0 Å². The second kappa shape index (κ2) is 9.21. The summed E-state index contributed by atoms with van der Waals surface area (Å²) >= 11 is 6.45. The van der Waals surface area contributed by atoms with Gasteiger partial charge >= 0.3 is 0 Å². The Morgan fingerprint density at radius 2 is 1.96 bits per heavy atom. The van der Waals surface area contributed by atoms with Crippen molar-refractivity contribution in [3.63, 3.8) is 0 Å². The first kappa shape index (κ1) is 19.0. The summed E-state index contributed by atoms with van der Waals surface area (Å²) in [5.41, 5.74) is 1.07. The van der Waals surface area contributed by atoms with Crippen molar-refractivity contribution in [2.75, 3.05) is 39.8 Å². The number of hydrogen-bond acceptors (Lipinski definition) is 4. The zero-order valence-corrected chi connectivity index (χ0v) is 15.9. The van der Waals surface area contributed by atoms with Crippen molar-refractivity contribution in [3.05, 3.63) is 59.0 Å². The number of nitrogens with zero attached hydrogens (tertiary/aromatic N) is 2. The lowest BCUT2D eigenvalue weighted by molar-refractivity contribution is -0.121. The Kier molecular flexibility index (Phi) is 6.72. The fourth-order valence-electron chi connectivity index (χ4n) is 3.31. The number of benzene rings is 1. The summed E-state index contributed by atoms with van der Waals surface area (Å²) in [7, 11) is 2.14. The third-order valence-electron chi connectivity index (χ3n) is 4.91. The van der Waals surface area contributed by atoms with Gasteiger partial charge in [-0.2, -0.15) is 0 Å². The van der Waals surface area contributed by atoms with Gasteiger partial charge in [-0.3, -0.25) is 9.69 Å². The molecular formula is C20H26ClN3O2. The molecule has 0 saturated carbocycles. The molecule has 0 aliphatic carbocycles. The minimum atomic E-state index is 0.0348. The van der Waals surface area contributed by atoms with E-state index in [2.05, 4.69) is 28.2 Å².